The summed E-state index contributed by atoms with van der Waals surface area (Å²) in [5.41, 5.74) is 0.434. The van der Waals surface area contributed by atoms with E-state index in [2.05, 4.69) is 5.10 Å². The molecule has 11 heavy (non-hydrogen) atoms. The van der Waals surface area contributed by atoms with Crippen molar-refractivity contribution in [3.8, 4) is 0 Å². The summed E-state index contributed by atoms with van der Waals surface area (Å²) in [6.45, 7) is -2.32. The Morgan fingerprint density at radius 1 is 2.00 bits per heavy atom. The highest BCUT2D eigenvalue weighted by Gasteiger charge is 1.90. The number of nitrogens with zero attached hydrogens (tertiary/aromatic N) is 2. The summed E-state index contributed by atoms with van der Waals surface area (Å²) >= 11 is 0. The quantitative estimate of drug-likeness (QED) is 0.633. The lowest BCUT2D eigenvalue weighted by molar-refractivity contribution is -0.131. The maximum Gasteiger partial charge on any atom is 0.328 e. The van der Waals surface area contributed by atoms with Crippen LogP contribution in [0.2, 0.25) is 0 Å². The predicted molar refractivity (Wildman–Crippen MR) is 39.9 cm³/mol. The second-order valence-electron chi connectivity index (χ2n) is 1.89. The van der Waals surface area contributed by atoms with Crippen molar-refractivity contribution < 1.29 is 14.0 Å². The van der Waals surface area contributed by atoms with Gasteiger partial charge in [0.05, 0.1) is 6.20 Å². The number of rotatable bonds is 2. The monoisotopic (exact) mass is 155 g/mol. The number of aromatic nitrogens is 2. The van der Waals surface area contributed by atoms with E-state index in [1.807, 2.05) is 0 Å². The Hall–Kier alpha value is -1.58. The van der Waals surface area contributed by atoms with Gasteiger partial charge in [-0.05, 0) is 6.08 Å². The molecule has 0 bridgehead atoms. The van der Waals surface area contributed by atoms with Crippen LogP contribution in [-0.4, -0.2) is 20.9 Å². The molecular formula is C7H8N2O2. The van der Waals surface area contributed by atoms with Gasteiger partial charge in [0.15, 0.2) is 0 Å². The Labute approximate surface area is 68.0 Å². The first kappa shape index (κ1) is 4.33. The Kier molecular flexibility index (Phi) is 1.18. The fraction of sp³-hybridized carbons (Fsp3) is 0.143. The van der Waals surface area contributed by atoms with Gasteiger partial charge in [0.2, 0.25) is 0 Å². The van der Waals surface area contributed by atoms with Gasteiger partial charge in [-0.25, -0.2) is 4.79 Å². The van der Waals surface area contributed by atoms with E-state index in [1.54, 1.807) is 0 Å². The molecule has 0 saturated heterocycles. The van der Waals surface area contributed by atoms with Crippen molar-refractivity contribution >= 4 is 12.0 Å². The van der Waals surface area contributed by atoms with Crippen LogP contribution in [0.5, 0.6) is 0 Å². The first-order chi connectivity index (χ1) is 6.39. The van der Waals surface area contributed by atoms with Crippen molar-refractivity contribution in [2.45, 2.75) is 0 Å². The first-order valence-corrected chi connectivity index (χ1v) is 2.86. The maximum absolute atomic E-state index is 10.2. The number of hydrogen-bond donors (Lipinski definition) is 1. The van der Waals surface area contributed by atoms with Crippen LogP contribution in [0.25, 0.3) is 6.08 Å². The van der Waals surface area contributed by atoms with Crippen molar-refractivity contribution in [1.82, 2.24) is 9.78 Å². The molecule has 0 aliphatic heterocycles. The highest BCUT2D eigenvalue weighted by Crippen LogP contribution is 1.98. The molecule has 0 atom stereocenters. The largest absolute Gasteiger partial charge is 0.478 e. The summed E-state index contributed by atoms with van der Waals surface area (Å²) in [5, 5.41) is 11.9. The van der Waals surface area contributed by atoms with E-state index in [1.165, 1.54) is 18.5 Å². The summed E-state index contributed by atoms with van der Waals surface area (Å²) in [7, 11) is 0. The zero-order valence-corrected chi connectivity index (χ0v) is 5.56. The predicted octanol–water partition coefficient (Wildman–Crippen LogP) is 0.518. The van der Waals surface area contributed by atoms with E-state index >= 15 is 0 Å². The molecular weight excluding hydrogens is 144 g/mol. The molecule has 1 heterocycles. The number of carboxylic acid groups (broad SMARTS) is 1. The molecule has 1 rings (SSSR count). The molecule has 0 aliphatic rings. The SMILES string of the molecule is [2H]C([2H])([2H])n1cc(/C=C/C(=O)O)cn1. The van der Waals surface area contributed by atoms with Gasteiger partial charge in [-0.1, -0.05) is 0 Å². The molecule has 0 aromatic carbocycles. The third-order valence-electron chi connectivity index (χ3n) is 1.02. The third kappa shape index (κ3) is 2.25. The van der Waals surface area contributed by atoms with Crippen LogP contribution >= 0.6 is 0 Å². The minimum Gasteiger partial charge on any atom is -0.478 e. The molecule has 0 unspecified atom stereocenters. The number of carboxylic acids is 1. The van der Waals surface area contributed by atoms with Gasteiger partial charge < -0.3 is 5.11 Å². The Balaban J connectivity index is 2.84. The molecule has 0 spiro atoms. The standard InChI is InChI=1S/C7H8N2O2/c1-9-5-6(4-8-9)2-3-7(10)11/h2-5H,1H3,(H,10,11)/b3-2+/i1D3. The lowest BCUT2D eigenvalue weighted by Gasteiger charge is -1.81. The van der Waals surface area contributed by atoms with Gasteiger partial charge in [-0.15, -0.1) is 0 Å². The summed E-state index contributed by atoms with van der Waals surface area (Å²) in [4.78, 5) is 10.2. The van der Waals surface area contributed by atoms with Crippen LogP contribution in [0.1, 0.15) is 9.68 Å². The topological polar surface area (TPSA) is 55.1 Å². The zero-order chi connectivity index (χ0) is 10.8. The smallest absolute Gasteiger partial charge is 0.328 e. The molecule has 4 nitrogen and oxygen atoms in total. The van der Waals surface area contributed by atoms with Crippen molar-refractivity contribution in [2.24, 2.45) is 6.98 Å². The molecule has 4 heteroatoms. The van der Waals surface area contributed by atoms with Crippen LogP contribution < -0.4 is 0 Å². The number of carbonyl (C=O) groups is 1. The molecule has 0 amide bonds. The van der Waals surface area contributed by atoms with Crippen molar-refractivity contribution in [3.05, 3.63) is 24.0 Å². The molecule has 1 aromatic rings. The average molecular weight is 155 g/mol. The van der Waals surface area contributed by atoms with Crippen LogP contribution in [0.4, 0.5) is 0 Å². The number of hydrogen-bond acceptors (Lipinski definition) is 2. The minimum absolute atomic E-state index is 0.434. The van der Waals surface area contributed by atoms with E-state index < -0.39 is 12.9 Å². The van der Waals surface area contributed by atoms with Crippen LogP contribution in [0.15, 0.2) is 18.5 Å². The van der Waals surface area contributed by atoms with Gasteiger partial charge in [0.1, 0.15) is 0 Å². The molecule has 0 radical (unpaired) electrons. The maximum atomic E-state index is 10.2. The molecule has 0 aliphatic carbocycles. The Morgan fingerprint density at radius 3 is 3.36 bits per heavy atom. The van der Waals surface area contributed by atoms with Gasteiger partial charge in [0, 0.05) is 28.9 Å². The highest BCUT2D eigenvalue weighted by molar-refractivity contribution is 5.85. The second kappa shape index (κ2) is 3.01. The van der Waals surface area contributed by atoms with E-state index in [0.717, 1.165) is 10.8 Å². The van der Waals surface area contributed by atoms with Crippen LogP contribution in [0, 0.1) is 0 Å². The van der Waals surface area contributed by atoms with Crippen molar-refractivity contribution in [2.75, 3.05) is 0 Å². The van der Waals surface area contributed by atoms with E-state index in [9.17, 15) is 4.79 Å². The number of aliphatic carboxylic acids is 1. The molecule has 1 aromatic heterocycles. The van der Waals surface area contributed by atoms with Gasteiger partial charge in [-0.3, -0.25) is 4.68 Å². The minimum atomic E-state index is -2.32. The van der Waals surface area contributed by atoms with Crippen molar-refractivity contribution in [1.29, 1.82) is 0 Å². The summed E-state index contributed by atoms with van der Waals surface area (Å²) in [6, 6.07) is 0. The zero-order valence-electron chi connectivity index (χ0n) is 8.56. The second-order valence-corrected chi connectivity index (χ2v) is 1.89. The molecule has 58 valence electrons. The van der Waals surface area contributed by atoms with Crippen molar-refractivity contribution in [3.63, 3.8) is 0 Å². The summed E-state index contributed by atoms with van der Waals surface area (Å²) < 4.78 is 21.8. The lowest BCUT2D eigenvalue weighted by atomic mass is 10.3. The van der Waals surface area contributed by atoms with Gasteiger partial charge in [0.25, 0.3) is 0 Å². The van der Waals surface area contributed by atoms with E-state index in [-0.39, 0.29) is 0 Å². The van der Waals surface area contributed by atoms with Gasteiger partial charge in [-0.2, -0.15) is 5.10 Å². The fourth-order valence-electron chi connectivity index (χ4n) is 0.590. The Morgan fingerprint density at radius 2 is 2.82 bits per heavy atom. The fourth-order valence-corrected chi connectivity index (χ4v) is 0.590. The third-order valence-corrected chi connectivity index (χ3v) is 1.02. The first-order valence-electron chi connectivity index (χ1n) is 4.36. The number of aryl methyl sites for hydroxylation is 1. The van der Waals surface area contributed by atoms with E-state index in [4.69, 9.17) is 9.22 Å². The van der Waals surface area contributed by atoms with E-state index in [0.29, 0.717) is 5.56 Å². The summed E-state index contributed by atoms with van der Waals surface area (Å²) in [6.07, 6.45) is 4.73. The lowest BCUT2D eigenvalue weighted by Crippen LogP contribution is -1.85. The Bertz CT molecular complexity index is 367. The molecule has 0 saturated carbocycles. The molecule has 0 fully saturated rings. The van der Waals surface area contributed by atoms with Crippen LogP contribution in [0.3, 0.4) is 0 Å². The summed E-state index contributed by atoms with van der Waals surface area (Å²) in [5.74, 6) is -1.09. The van der Waals surface area contributed by atoms with Crippen LogP contribution in [-0.2, 0) is 11.8 Å². The molecule has 1 N–H and O–H groups in total. The average Bonchev–Trinajstić information content (AvgIpc) is 2.47. The van der Waals surface area contributed by atoms with Gasteiger partial charge >= 0.3 is 5.97 Å². The normalized spacial score (nSPS) is 15.8. The highest BCUT2D eigenvalue weighted by atomic mass is 16.4.